The van der Waals surface area contributed by atoms with Gasteiger partial charge in [0.1, 0.15) is 0 Å². The quantitative estimate of drug-likeness (QED) is 0.155. The van der Waals surface area contributed by atoms with Crippen LogP contribution in [0, 0.1) is 0 Å². The van der Waals surface area contributed by atoms with Crippen LogP contribution in [0.1, 0.15) is 49.9 Å². The van der Waals surface area contributed by atoms with E-state index in [0.717, 1.165) is 0 Å². The monoisotopic (exact) mass is 814 g/mol. The Morgan fingerprint density at radius 3 is 1.48 bits per heavy atom. The lowest BCUT2D eigenvalue weighted by Crippen LogP contribution is -2.14. The zero-order chi connectivity index (χ0) is 42.9. The van der Waals surface area contributed by atoms with Gasteiger partial charge in [-0.2, -0.15) is 0 Å². The summed E-state index contributed by atoms with van der Waals surface area (Å²) in [5.74, 6) is 0. The Balaban J connectivity index is 1.08. The molecule has 0 nitrogen and oxygen atoms in total. The molecule has 64 heavy (non-hydrogen) atoms. The molecule has 11 aromatic carbocycles. The van der Waals surface area contributed by atoms with Crippen LogP contribution in [0.3, 0.4) is 0 Å². The van der Waals surface area contributed by atoms with Crippen molar-refractivity contribution in [2.24, 2.45) is 0 Å². The Bertz CT molecular complexity index is 3780. The van der Waals surface area contributed by atoms with Crippen LogP contribution in [0.15, 0.2) is 206 Å². The van der Waals surface area contributed by atoms with E-state index in [1.54, 1.807) is 0 Å². The van der Waals surface area contributed by atoms with Crippen molar-refractivity contribution < 1.29 is 0 Å². The first-order chi connectivity index (χ1) is 31.3. The lowest BCUT2D eigenvalue weighted by molar-refractivity contribution is 0.660. The zero-order valence-corrected chi connectivity index (χ0v) is 36.6. The van der Waals surface area contributed by atoms with Gasteiger partial charge in [-0.15, -0.1) is 0 Å². The van der Waals surface area contributed by atoms with E-state index >= 15 is 0 Å². The van der Waals surface area contributed by atoms with Crippen LogP contribution in [0.2, 0.25) is 0 Å². The molecule has 2 aliphatic carbocycles. The van der Waals surface area contributed by atoms with Gasteiger partial charge >= 0.3 is 0 Å². The molecule has 11 aromatic rings. The molecule has 0 heteroatoms. The summed E-state index contributed by atoms with van der Waals surface area (Å²) < 4.78 is 0. The lowest BCUT2D eigenvalue weighted by atomic mass is 9.80. The molecule has 0 atom stereocenters. The summed E-state index contributed by atoms with van der Waals surface area (Å²) in [6.07, 6.45) is 0. The molecular formula is C64H46. The predicted octanol–water partition coefficient (Wildman–Crippen LogP) is 17.6. The van der Waals surface area contributed by atoms with Crippen LogP contribution in [-0.4, -0.2) is 0 Å². The maximum Gasteiger partial charge on any atom is 0.0159 e. The second kappa shape index (κ2) is 13.5. The van der Waals surface area contributed by atoms with Crippen molar-refractivity contribution in [2.45, 2.75) is 38.5 Å². The molecule has 302 valence electrons. The molecular weight excluding hydrogens is 769 g/mol. The molecule has 0 spiro atoms. The molecule has 0 saturated heterocycles. The van der Waals surface area contributed by atoms with Gasteiger partial charge in [-0.05, 0) is 156 Å². The van der Waals surface area contributed by atoms with Crippen molar-refractivity contribution in [3.05, 3.63) is 229 Å². The first kappa shape index (κ1) is 37.1. The average molecular weight is 815 g/mol. The second-order valence-corrected chi connectivity index (χ2v) is 19.2. The van der Waals surface area contributed by atoms with E-state index in [4.69, 9.17) is 0 Å². The molecule has 0 saturated carbocycles. The summed E-state index contributed by atoms with van der Waals surface area (Å²) in [4.78, 5) is 0. The van der Waals surface area contributed by atoms with Gasteiger partial charge in [0.25, 0.3) is 0 Å². The molecule has 0 fully saturated rings. The van der Waals surface area contributed by atoms with Gasteiger partial charge in [0.05, 0.1) is 0 Å². The summed E-state index contributed by atoms with van der Waals surface area (Å²) in [5, 5.41) is 10.1. The zero-order valence-electron chi connectivity index (χ0n) is 36.6. The molecule has 0 heterocycles. The third-order valence-electron chi connectivity index (χ3n) is 15.1. The summed E-state index contributed by atoms with van der Waals surface area (Å²) >= 11 is 0. The second-order valence-electron chi connectivity index (χ2n) is 19.2. The van der Waals surface area contributed by atoms with Gasteiger partial charge < -0.3 is 0 Å². The molecule has 2 aliphatic rings. The minimum atomic E-state index is -0.0815. The van der Waals surface area contributed by atoms with E-state index in [-0.39, 0.29) is 10.8 Å². The lowest BCUT2D eigenvalue weighted by Gasteiger charge is -2.23. The Morgan fingerprint density at radius 1 is 0.234 bits per heavy atom. The van der Waals surface area contributed by atoms with Gasteiger partial charge in [0.15, 0.2) is 0 Å². The van der Waals surface area contributed by atoms with Crippen LogP contribution in [0.25, 0.3) is 110 Å². The molecule has 0 aliphatic heterocycles. The SMILES string of the molecule is CC1(C)c2ccccc2-c2cc(-c3c4ccccc4c(-c4ccc(-c5ccc6ccccc6c5)c5ccccc45)c4ccc(-c5ccc6c(c5)C(C)(C)c5ccccc5-6)cc34)ccc21. The Morgan fingerprint density at radius 2 is 0.719 bits per heavy atom. The number of benzene rings is 11. The van der Waals surface area contributed by atoms with Crippen LogP contribution in [-0.2, 0) is 10.8 Å². The highest BCUT2D eigenvalue weighted by molar-refractivity contribution is 6.25. The predicted molar refractivity (Wildman–Crippen MR) is 273 cm³/mol. The van der Waals surface area contributed by atoms with Crippen molar-refractivity contribution in [1.82, 2.24) is 0 Å². The summed E-state index contributed by atoms with van der Waals surface area (Å²) in [5.41, 5.74) is 20.8. The van der Waals surface area contributed by atoms with Crippen LogP contribution in [0.4, 0.5) is 0 Å². The van der Waals surface area contributed by atoms with Crippen molar-refractivity contribution >= 4 is 43.1 Å². The molecule has 0 radical (unpaired) electrons. The third-order valence-corrected chi connectivity index (χ3v) is 15.1. The van der Waals surface area contributed by atoms with E-state index < -0.39 is 0 Å². The Kier molecular flexibility index (Phi) is 7.80. The minimum Gasteiger partial charge on any atom is -0.0619 e. The molecule has 0 unspecified atom stereocenters. The number of fused-ring (bicyclic) bond motifs is 10. The number of hydrogen-bond acceptors (Lipinski definition) is 0. The number of rotatable bonds is 4. The molecule has 0 N–H and O–H groups in total. The van der Waals surface area contributed by atoms with Crippen LogP contribution < -0.4 is 0 Å². The molecule has 13 rings (SSSR count). The van der Waals surface area contributed by atoms with Gasteiger partial charge in [0, 0.05) is 10.8 Å². The molecule has 0 bridgehead atoms. The summed E-state index contributed by atoms with van der Waals surface area (Å²) in [7, 11) is 0. The van der Waals surface area contributed by atoms with E-state index in [0.29, 0.717) is 0 Å². The van der Waals surface area contributed by atoms with Crippen molar-refractivity contribution in [1.29, 1.82) is 0 Å². The van der Waals surface area contributed by atoms with Crippen molar-refractivity contribution in [3.8, 4) is 66.8 Å². The number of hydrogen-bond donors (Lipinski definition) is 0. The largest absolute Gasteiger partial charge is 0.0619 e. The first-order valence-corrected chi connectivity index (χ1v) is 22.7. The highest BCUT2D eigenvalue weighted by Crippen LogP contribution is 2.53. The first-order valence-electron chi connectivity index (χ1n) is 22.7. The third kappa shape index (κ3) is 5.23. The van der Waals surface area contributed by atoms with Gasteiger partial charge in [-0.1, -0.05) is 210 Å². The topological polar surface area (TPSA) is 0 Å². The normalized spacial score (nSPS) is 14.2. The standard InChI is InChI=1S/C64H46/c1-63(2)58-24-14-12-20-49(58)55-37-44(29-34-59(55)63)61-51-21-9-10-22-52(51)62(53-33-32-45(46-17-7-8-18-47(46)53)43-26-25-39-15-5-6-16-40(39)35-43)54-31-28-41(36-56(54)61)42-27-30-50-48-19-11-13-23-57(48)64(3,4)60(50)38-42/h5-38H,1-4H3. The fraction of sp³-hybridized carbons (Fsp3) is 0.0938. The van der Waals surface area contributed by atoms with E-state index in [2.05, 4.69) is 234 Å². The minimum absolute atomic E-state index is 0.0628. The van der Waals surface area contributed by atoms with Crippen LogP contribution >= 0.6 is 0 Å². The highest BCUT2D eigenvalue weighted by atomic mass is 14.4. The molecule has 0 aromatic heterocycles. The highest BCUT2D eigenvalue weighted by Gasteiger charge is 2.37. The van der Waals surface area contributed by atoms with Gasteiger partial charge in [0.2, 0.25) is 0 Å². The fourth-order valence-corrected chi connectivity index (χ4v) is 11.8. The smallest absolute Gasteiger partial charge is 0.0159 e. The van der Waals surface area contributed by atoms with E-state index in [1.807, 2.05) is 0 Å². The fourth-order valence-electron chi connectivity index (χ4n) is 11.8. The van der Waals surface area contributed by atoms with Gasteiger partial charge in [-0.3, -0.25) is 0 Å². The molecule has 0 amide bonds. The maximum absolute atomic E-state index is 2.49. The summed E-state index contributed by atoms with van der Waals surface area (Å²) in [6.45, 7) is 9.49. The van der Waals surface area contributed by atoms with E-state index in [9.17, 15) is 0 Å². The summed E-state index contributed by atoms with van der Waals surface area (Å²) in [6, 6.07) is 78.1. The van der Waals surface area contributed by atoms with E-state index in [1.165, 1.54) is 132 Å². The van der Waals surface area contributed by atoms with Crippen LogP contribution in [0.5, 0.6) is 0 Å². The maximum atomic E-state index is 2.49. The Labute approximate surface area is 375 Å². The average Bonchev–Trinajstić information content (AvgIpc) is 3.71. The van der Waals surface area contributed by atoms with Gasteiger partial charge in [-0.25, -0.2) is 0 Å². The Hall–Kier alpha value is -7.54. The van der Waals surface area contributed by atoms with Crippen molar-refractivity contribution in [3.63, 3.8) is 0 Å². The van der Waals surface area contributed by atoms with Crippen molar-refractivity contribution in [2.75, 3.05) is 0 Å².